The van der Waals surface area contributed by atoms with Crippen molar-refractivity contribution in [3.8, 4) is 11.5 Å². The number of halogens is 2. The molecule has 146 valence electrons. The lowest BCUT2D eigenvalue weighted by atomic mass is 10.00. The van der Waals surface area contributed by atoms with Crippen LogP contribution in [0.2, 0.25) is 5.02 Å². The zero-order chi connectivity index (χ0) is 20.4. The third kappa shape index (κ3) is 4.23. The van der Waals surface area contributed by atoms with E-state index in [0.717, 1.165) is 3.57 Å². The average molecular weight is 520 g/mol. The van der Waals surface area contributed by atoms with Gasteiger partial charge in [-0.15, -0.1) is 0 Å². The summed E-state index contributed by atoms with van der Waals surface area (Å²) < 4.78 is 12.2. The fraction of sp³-hybridized carbons (Fsp3) is 0.0909. The van der Waals surface area contributed by atoms with E-state index in [0.29, 0.717) is 46.5 Å². The lowest BCUT2D eigenvalue weighted by Gasteiger charge is -2.21. The number of benzene rings is 3. The fourth-order valence-electron chi connectivity index (χ4n) is 2.99. The van der Waals surface area contributed by atoms with Gasteiger partial charge in [-0.25, -0.2) is 0 Å². The Morgan fingerprint density at radius 1 is 0.897 bits per heavy atom. The van der Waals surface area contributed by atoms with Crippen LogP contribution in [-0.2, 0) is 0 Å². The zero-order valence-corrected chi connectivity index (χ0v) is 18.0. The number of amides is 1. The van der Waals surface area contributed by atoms with E-state index in [1.54, 1.807) is 54.6 Å². The van der Waals surface area contributed by atoms with Crippen LogP contribution in [0.4, 0.5) is 5.69 Å². The molecule has 0 atom stereocenters. The summed E-state index contributed by atoms with van der Waals surface area (Å²) in [6, 6.07) is 17.2. The number of hydrogen-bond acceptors (Lipinski definition) is 4. The van der Waals surface area contributed by atoms with Gasteiger partial charge in [0.15, 0.2) is 17.3 Å². The summed E-state index contributed by atoms with van der Waals surface area (Å²) in [7, 11) is 0. The van der Waals surface area contributed by atoms with E-state index >= 15 is 0 Å². The van der Waals surface area contributed by atoms with Gasteiger partial charge in [-0.05, 0) is 59.0 Å². The maximum atomic E-state index is 13.2. The molecule has 4 rings (SSSR count). The molecule has 5 nitrogen and oxygen atoms in total. The number of fused-ring (bicyclic) bond motifs is 1. The molecule has 0 bridgehead atoms. The summed E-state index contributed by atoms with van der Waals surface area (Å²) in [5, 5.41) is 3.17. The highest BCUT2D eigenvalue weighted by atomic mass is 127. The van der Waals surface area contributed by atoms with Gasteiger partial charge in [-0.3, -0.25) is 9.59 Å². The van der Waals surface area contributed by atoms with Crippen molar-refractivity contribution in [2.45, 2.75) is 0 Å². The molecule has 3 aromatic carbocycles. The molecule has 0 fully saturated rings. The monoisotopic (exact) mass is 519 g/mol. The van der Waals surface area contributed by atoms with E-state index in [2.05, 4.69) is 27.9 Å². The molecule has 7 heteroatoms. The predicted molar refractivity (Wildman–Crippen MR) is 119 cm³/mol. The summed E-state index contributed by atoms with van der Waals surface area (Å²) in [6.07, 6.45) is 0. The van der Waals surface area contributed by atoms with Crippen molar-refractivity contribution < 1.29 is 19.1 Å². The molecule has 1 amide bonds. The zero-order valence-electron chi connectivity index (χ0n) is 15.1. The van der Waals surface area contributed by atoms with Crippen molar-refractivity contribution in [2.75, 3.05) is 18.5 Å². The Balaban J connectivity index is 1.76. The minimum absolute atomic E-state index is 0.279. The Labute approximate surface area is 186 Å². The molecule has 29 heavy (non-hydrogen) atoms. The van der Waals surface area contributed by atoms with Crippen LogP contribution in [0, 0.1) is 3.57 Å². The van der Waals surface area contributed by atoms with E-state index in [1.165, 1.54) is 0 Å². The molecular formula is C22H15ClINO4. The molecule has 0 aromatic heterocycles. The SMILES string of the molecule is O=C(Nc1cc2c(cc1C(=O)c1ccccc1Cl)OCCO2)c1cccc(I)c1. The summed E-state index contributed by atoms with van der Waals surface area (Å²) in [6.45, 7) is 0.788. The van der Waals surface area contributed by atoms with Gasteiger partial charge in [0.25, 0.3) is 5.91 Å². The van der Waals surface area contributed by atoms with Crippen molar-refractivity contribution in [3.63, 3.8) is 0 Å². The van der Waals surface area contributed by atoms with Crippen LogP contribution in [-0.4, -0.2) is 24.9 Å². The number of anilines is 1. The van der Waals surface area contributed by atoms with Gasteiger partial charge in [0.05, 0.1) is 16.3 Å². The third-order valence-corrected chi connectivity index (χ3v) is 5.38. The standard InChI is InChI=1S/C22H15ClINO4/c23-17-7-2-1-6-15(17)21(26)16-11-19-20(29-9-8-28-19)12-18(16)25-22(27)13-4-3-5-14(24)10-13/h1-7,10-12H,8-9H2,(H,25,27). The highest BCUT2D eigenvalue weighted by molar-refractivity contribution is 14.1. The molecule has 1 aliphatic rings. The van der Waals surface area contributed by atoms with Gasteiger partial charge in [0, 0.05) is 20.8 Å². The Bertz CT molecular complexity index is 1120. The van der Waals surface area contributed by atoms with Crippen LogP contribution >= 0.6 is 34.2 Å². The van der Waals surface area contributed by atoms with E-state index in [-0.39, 0.29) is 17.3 Å². The highest BCUT2D eigenvalue weighted by Gasteiger charge is 2.23. The van der Waals surface area contributed by atoms with Crippen LogP contribution in [0.5, 0.6) is 11.5 Å². The number of carbonyl (C=O) groups is 2. The highest BCUT2D eigenvalue weighted by Crippen LogP contribution is 2.37. The van der Waals surface area contributed by atoms with Gasteiger partial charge in [-0.2, -0.15) is 0 Å². The van der Waals surface area contributed by atoms with Gasteiger partial charge < -0.3 is 14.8 Å². The largest absolute Gasteiger partial charge is 0.486 e. The van der Waals surface area contributed by atoms with Crippen molar-refractivity contribution in [1.82, 2.24) is 0 Å². The fourth-order valence-corrected chi connectivity index (χ4v) is 3.76. The lowest BCUT2D eigenvalue weighted by molar-refractivity contribution is 0.102. The Morgan fingerprint density at radius 2 is 1.62 bits per heavy atom. The first kappa shape index (κ1) is 19.7. The average Bonchev–Trinajstić information content (AvgIpc) is 2.73. The minimum atomic E-state index is -0.326. The Kier molecular flexibility index (Phi) is 5.73. The number of ether oxygens (including phenoxy) is 2. The quantitative estimate of drug-likeness (QED) is 0.380. The van der Waals surface area contributed by atoms with Crippen LogP contribution < -0.4 is 14.8 Å². The summed E-state index contributed by atoms with van der Waals surface area (Å²) in [5.74, 6) is 0.294. The van der Waals surface area contributed by atoms with E-state index in [1.807, 2.05) is 6.07 Å². The minimum Gasteiger partial charge on any atom is -0.486 e. The second kappa shape index (κ2) is 8.42. The van der Waals surface area contributed by atoms with Crippen molar-refractivity contribution >= 4 is 51.6 Å². The number of hydrogen-bond donors (Lipinski definition) is 1. The molecular weight excluding hydrogens is 505 g/mol. The summed E-state index contributed by atoms with van der Waals surface area (Å²) in [4.78, 5) is 26.0. The summed E-state index contributed by atoms with van der Waals surface area (Å²) >= 11 is 8.36. The van der Waals surface area contributed by atoms with Crippen LogP contribution in [0.3, 0.4) is 0 Å². The van der Waals surface area contributed by atoms with E-state index in [4.69, 9.17) is 21.1 Å². The maximum absolute atomic E-state index is 13.2. The molecule has 0 radical (unpaired) electrons. The molecule has 0 saturated carbocycles. The lowest BCUT2D eigenvalue weighted by Crippen LogP contribution is -2.19. The van der Waals surface area contributed by atoms with Crippen LogP contribution in [0.15, 0.2) is 60.7 Å². The first-order chi connectivity index (χ1) is 14.0. The molecule has 1 aliphatic heterocycles. The second-order valence-corrected chi connectivity index (χ2v) is 7.97. The van der Waals surface area contributed by atoms with Crippen molar-refractivity contribution in [1.29, 1.82) is 0 Å². The smallest absolute Gasteiger partial charge is 0.255 e. The molecule has 3 aromatic rings. The van der Waals surface area contributed by atoms with Gasteiger partial charge >= 0.3 is 0 Å². The third-order valence-electron chi connectivity index (χ3n) is 4.38. The van der Waals surface area contributed by atoms with Crippen molar-refractivity contribution in [2.24, 2.45) is 0 Å². The Morgan fingerprint density at radius 3 is 2.34 bits per heavy atom. The van der Waals surface area contributed by atoms with Crippen LogP contribution in [0.25, 0.3) is 0 Å². The second-order valence-electron chi connectivity index (χ2n) is 6.31. The van der Waals surface area contributed by atoms with Gasteiger partial charge in [0.1, 0.15) is 13.2 Å². The molecule has 0 spiro atoms. The Hall–Kier alpha value is -2.58. The van der Waals surface area contributed by atoms with Gasteiger partial charge in [-0.1, -0.05) is 29.8 Å². The van der Waals surface area contributed by atoms with E-state index < -0.39 is 0 Å². The summed E-state index contributed by atoms with van der Waals surface area (Å²) in [5.41, 5.74) is 1.45. The first-order valence-corrected chi connectivity index (χ1v) is 10.3. The van der Waals surface area contributed by atoms with Crippen molar-refractivity contribution in [3.05, 3.63) is 85.9 Å². The topological polar surface area (TPSA) is 64.6 Å². The molecule has 0 unspecified atom stereocenters. The number of carbonyl (C=O) groups excluding carboxylic acids is 2. The number of rotatable bonds is 4. The van der Waals surface area contributed by atoms with E-state index in [9.17, 15) is 9.59 Å². The molecule has 0 aliphatic carbocycles. The molecule has 1 heterocycles. The molecule has 0 saturated heterocycles. The molecule has 1 N–H and O–H groups in total. The van der Waals surface area contributed by atoms with Gasteiger partial charge in [0.2, 0.25) is 0 Å². The normalized spacial score (nSPS) is 12.3. The first-order valence-electron chi connectivity index (χ1n) is 8.83. The van der Waals surface area contributed by atoms with Crippen LogP contribution in [0.1, 0.15) is 26.3 Å². The number of nitrogens with one attached hydrogen (secondary N) is 1. The predicted octanol–water partition coefficient (Wildman–Crippen LogP) is 5.20. The number of ketones is 1. The maximum Gasteiger partial charge on any atom is 0.255 e.